The molecule has 5 amide bonds. The molecule has 4 aliphatic heterocycles. The Hall–Kier alpha value is -5.72. The maximum atomic E-state index is 13.9. The van der Waals surface area contributed by atoms with Gasteiger partial charge in [-0.15, -0.1) is 0 Å². The summed E-state index contributed by atoms with van der Waals surface area (Å²) in [6, 6.07) is 11.4. The number of nitrogens with one attached hydrogen (secondary N) is 2. The Morgan fingerprint density at radius 2 is 1.55 bits per heavy atom. The summed E-state index contributed by atoms with van der Waals surface area (Å²) in [5.74, 6) is 1.68. The number of urea groups is 1. The van der Waals surface area contributed by atoms with Crippen molar-refractivity contribution in [1.82, 2.24) is 34.9 Å². The average Bonchev–Trinajstić information content (AvgIpc) is 3.35. The molecule has 1 aromatic heterocycles. The molecule has 4 aromatic rings. The molecule has 19 heteroatoms. The molecular formula is C52H64ClF3N10O5. The summed E-state index contributed by atoms with van der Waals surface area (Å²) in [4.78, 5) is 71.5. The van der Waals surface area contributed by atoms with Crippen LogP contribution in [0, 0.1) is 18.3 Å². The number of ether oxygens (including phenoxy) is 1. The lowest BCUT2D eigenvalue weighted by atomic mass is 9.71. The van der Waals surface area contributed by atoms with Crippen molar-refractivity contribution in [1.29, 1.82) is 0 Å². The van der Waals surface area contributed by atoms with Gasteiger partial charge in [0.25, 0.3) is 5.91 Å². The number of benzene rings is 3. The summed E-state index contributed by atoms with van der Waals surface area (Å²) in [6.07, 6.45) is 2.95. The zero-order valence-electron chi connectivity index (χ0n) is 40.8. The number of methoxy groups -OCH3 is 1. The highest BCUT2D eigenvalue weighted by atomic mass is 35.5. The zero-order valence-corrected chi connectivity index (χ0v) is 41.5. The Balaban J connectivity index is 0.718. The molecule has 9 rings (SSSR count). The zero-order chi connectivity index (χ0) is 50.2. The second kappa shape index (κ2) is 20.8. The molecule has 15 nitrogen and oxygen atoms in total. The average molecular weight is 1000 g/mol. The minimum atomic E-state index is -4.53. The van der Waals surface area contributed by atoms with Gasteiger partial charge in [0, 0.05) is 93.9 Å². The van der Waals surface area contributed by atoms with Crippen LogP contribution in [-0.2, 0) is 15.8 Å². The number of nitrogens with two attached hydrogens (primary N) is 1. The summed E-state index contributed by atoms with van der Waals surface area (Å²) in [6.45, 7) is 12.3. The summed E-state index contributed by atoms with van der Waals surface area (Å²) in [5, 5.41) is 6.74. The van der Waals surface area contributed by atoms with Gasteiger partial charge in [0.05, 0.1) is 34.9 Å². The number of amides is 5. The highest BCUT2D eigenvalue weighted by Gasteiger charge is 2.40. The Labute approximate surface area is 417 Å². The van der Waals surface area contributed by atoms with Crippen molar-refractivity contribution in [3.8, 4) is 5.75 Å². The van der Waals surface area contributed by atoms with Gasteiger partial charge < -0.3 is 30.5 Å². The van der Waals surface area contributed by atoms with Gasteiger partial charge in [0.15, 0.2) is 0 Å². The predicted octanol–water partition coefficient (Wildman–Crippen LogP) is 8.26. The standard InChI is InChI=1S/C52H64ClF3N10O5/c1-32(37-26-38(52(54,55)56)29-39(57)27-37)58-47-41-30-40(45(71-3)31-43(41)59-33(2)60-47)34-4-6-35(7-5-34)48(68)65-24-22-63(23-25-65)21-20-62-16-11-51(12-17-62)13-18-64(19-14-51)49(69)36-8-9-42(53)44(28-36)66-15-10-46(67)61-50(66)70/h8-9,26-32,34-35H,4-7,10-25,57H2,1-3H3,(H,58,59,60)(H,61,67,70)/t32-,34-,35-/m1/s1. The number of rotatable bonds is 11. The SMILES string of the molecule is COc1cc2nc(C)nc(N[C@H](C)c3cc(N)cc(C(F)(F)F)c3)c2cc1[C@H]1CC[C@H](C(=O)N2CCN(CCN3CCC4(CC3)CCN(C(=O)c3ccc(Cl)c(N5CCC(=O)NC5=O)c3)CC4)CC2)CC1. The molecular weight excluding hydrogens is 937 g/mol. The summed E-state index contributed by atoms with van der Waals surface area (Å²) in [7, 11) is 1.64. The van der Waals surface area contributed by atoms with Crippen LogP contribution in [0.5, 0.6) is 5.75 Å². The fourth-order valence-electron chi connectivity index (χ4n) is 11.4. The topological polar surface area (TPSA) is 170 Å². The molecule has 1 atom stereocenters. The molecule has 0 bridgehead atoms. The fraction of sp³-hybridized carbons (Fsp3) is 0.538. The van der Waals surface area contributed by atoms with E-state index in [0.717, 1.165) is 127 Å². The number of nitrogens with zero attached hydrogens (tertiary/aromatic N) is 7. The van der Waals surface area contributed by atoms with Crippen molar-refractivity contribution in [2.75, 3.05) is 95.1 Å². The Bertz CT molecular complexity index is 2650. The van der Waals surface area contributed by atoms with E-state index in [1.807, 2.05) is 17.0 Å². The van der Waals surface area contributed by atoms with Crippen LogP contribution >= 0.6 is 11.6 Å². The van der Waals surface area contributed by atoms with Gasteiger partial charge in [-0.1, -0.05) is 11.6 Å². The van der Waals surface area contributed by atoms with E-state index in [4.69, 9.17) is 22.1 Å². The number of aryl methyl sites for hydroxylation is 1. The molecule has 1 spiro atoms. The number of piperazine rings is 1. The molecule has 380 valence electrons. The summed E-state index contributed by atoms with van der Waals surface area (Å²) in [5.41, 5.74) is 8.31. The van der Waals surface area contributed by atoms with Crippen molar-refractivity contribution < 1.29 is 37.1 Å². The monoisotopic (exact) mass is 1000 g/mol. The minimum Gasteiger partial charge on any atom is -0.496 e. The van der Waals surface area contributed by atoms with Gasteiger partial charge >= 0.3 is 12.2 Å². The van der Waals surface area contributed by atoms with E-state index in [9.17, 15) is 32.3 Å². The highest BCUT2D eigenvalue weighted by Crippen LogP contribution is 2.44. The molecule has 5 heterocycles. The molecule has 4 N–H and O–H groups in total. The first kappa shape index (κ1) is 50.2. The third-order valence-corrected chi connectivity index (χ3v) is 16.1. The molecule has 5 fully saturated rings. The summed E-state index contributed by atoms with van der Waals surface area (Å²) >= 11 is 6.44. The number of carbonyl (C=O) groups is 4. The van der Waals surface area contributed by atoms with E-state index in [2.05, 4.69) is 35.3 Å². The molecule has 1 saturated carbocycles. The van der Waals surface area contributed by atoms with Crippen molar-refractivity contribution in [2.45, 2.75) is 89.8 Å². The molecule has 5 aliphatic rings. The first-order chi connectivity index (χ1) is 34.0. The number of aromatic nitrogens is 2. The lowest BCUT2D eigenvalue weighted by Gasteiger charge is -2.47. The van der Waals surface area contributed by atoms with Gasteiger partial charge in [0.2, 0.25) is 11.8 Å². The number of hydrogen-bond acceptors (Lipinski definition) is 11. The second-order valence-electron chi connectivity index (χ2n) is 20.3. The number of hydrogen-bond donors (Lipinski definition) is 3. The number of anilines is 3. The molecule has 4 saturated heterocycles. The molecule has 71 heavy (non-hydrogen) atoms. The van der Waals surface area contributed by atoms with Crippen molar-refractivity contribution in [2.24, 2.45) is 11.3 Å². The second-order valence-corrected chi connectivity index (χ2v) is 20.7. The lowest BCUT2D eigenvalue weighted by molar-refractivity contribution is -0.139. The first-order valence-corrected chi connectivity index (χ1v) is 25.4. The number of imide groups is 1. The Morgan fingerprint density at radius 3 is 2.21 bits per heavy atom. The highest BCUT2D eigenvalue weighted by molar-refractivity contribution is 6.34. The quantitative estimate of drug-likeness (QED) is 0.124. The van der Waals surface area contributed by atoms with E-state index in [0.29, 0.717) is 57.8 Å². The molecule has 3 aromatic carbocycles. The van der Waals surface area contributed by atoms with Crippen LogP contribution in [-0.4, -0.2) is 132 Å². The minimum absolute atomic E-state index is 0.0317. The van der Waals surface area contributed by atoms with E-state index in [-0.39, 0.29) is 53.6 Å². The van der Waals surface area contributed by atoms with E-state index in [1.165, 1.54) is 11.0 Å². The largest absolute Gasteiger partial charge is 0.496 e. The van der Waals surface area contributed by atoms with Crippen molar-refractivity contribution >= 4 is 63.4 Å². The molecule has 0 radical (unpaired) electrons. The predicted molar refractivity (Wildman–Crippen MR) is 267 cm³/mol. The van der Waals surface area contributed by atoms with Gasteiger partial charge in [-0.2, -0.15) is 13.2 Å². The van der Waals surface area contributed by atoms with Gasteiger partial charge in [-0.25, -0.2) is 14.8 Å². The normalized spacial score (nSPS) is 21.9. The van der Waals surface area contributed by atoms with Crippen LogP contribution in [0.2, 0.25) is 5.02 Å². The van der Waals surface area contributed by atoms with E-state index in [1.54, 1.807) is 39.2 Å². The first-order valence-electron chi connectivity index (χ1n) is 25.0. The van der Waals surface area contributed by atoms with Crippen LogP contribution in [0.3, 0.4) is 0 Å². The lowest BCUT2D eigenvalue weighted by Crippen LogP contribution is -2.53. The van der Waals surface area contributed by atoms with E-state index < -0.39 is 23.8 Å². The Morgan fingerprint density at radius 1 is 0.873 bits per heavy atom. The van der Waals surface area contributed by atoms with E-state index >= 15 is 0 Å². The van der Waals surface area contributed by atoms with Crippen LogP contribution in [0.4, 0.5) is 35.2 Å². The number of nitrogen functional groups attached to an aromatic ring is 1. The number of halogens is 4. The van der Waals surface area contributed by atoms with Gasteiger partial charge in [-0.3, -0.25) is 29.5 Å². The number of carbonyl (C=O) groups excluding carboxylic acids is 4. The van der Waals surface area contributed by atoms with Crippen LogP contribution < -0.4 is 26.0 Å². The smallest absolute Gasteiger partial charge is 0.416 e. The molecule has 1 aliphatic carbocycles. The number of alkyl halides is 3. The van der Waals surface area contributed by atoms with Crippen LogP contribution in [0.25, 0.3) is 10.9 Å². The maximum absolute atomic E-state index is 13.9. The number of likely N-dealkylation sites (tertiary alicyclic amines) is 2. The third kappa shape index (κ3) is 11.2. The van der Waals surface area contributed by atoms with Crippen LogP contribution in [0.1, 0.15) is 110 Å². The third-order valence-electron chi connectivity index (χ3n) is 15.8. The Kier molecular flexibility index (Phi) is 14.7. The number of piperidine rings is 2. The van der Waals surface area contributed by atoms with Gasteiger partial charge in [-0.05, 0) is 143 Å². The number of fused-ring (bicyclic) bond motifs is 1. The maximum Gasteiger partial charge on any atom is 0.416 e. The summed E-state index contributed by atoms with van der Waals surface area (Å²) < 4.78 is 46.8. The van der Waals surface area contributed by atoms with Crippen LogP contribution in [0.15, 0.2) is 48.5 Å². The molecule has 0 unspecified atom stereocenters. The van der Waals surface area contributed by atoms with Crippen molar-refractivity contribution in [3.05, 3.63) is 81.6 Å². The van der Waals surface area contributed by atoms with Crippen molar-refractivity contribution in [3.63, 3.8) is 0 Å². The fourth-order valence-corrected chi connectivity index (χ4v) is 11.6. The van der Waals surface area contributed by atoms with Gasteiger partial charge in [0.1, 0.15) is 17.4 Å².